The monoisotopic (exact) mass is 427 g/mol. The highest BCUT2D eigenvalue weighted by atomic mass is 32.2. The van der Waals surface area contributed by atoms with Crippen molar-refractivity contribution in [3.63, 3.8) is 0 Å². The molecule has 0 spiro atoms. The van der Waals surface area contributed by atoms with E-state index in [-0.39, 0.29) is 17.2 Å². The summed E-state index contributed by atoms with van der Waals surface area (Å²) in [5, 5.41) is 5.65. The molecule has 3 aromatic rings. The van der Waals surface area contributed by atoms with Crippen LogP contribution in [0.25, 0.3) is 10.2 Å². The number of amides is 1. The molecular weight excluding hydrogens is 402 g/mol. The van der Waals surface area contributed by atoms with Crippen LogP contribution in [0.2, 0.25) is 0 Å². The molecule has 5 nitrogen and oxygen atoms in total. The molecule has 0 radical (unpaired) electrons. The average Bonchev–Trinajstić information content (AvgIpc) is 3.22. The molecule has 1 fully saturated rings. The average molecular weight is 428 g/mol. The third-order valence-corrected chi connectivity index (χ3v) is 7.17. The summed E-state index contributed by atoms with van der Waals surface area (Å²) in [5.41, 5.74) is 1.87. The fraction of sp³-hybridized carbons (Fsp3) is 0.409. The second kappa shape index (κ2) is 9.59. The number of aromatic nitrogens is 2. The Bertz CT molecular complexity index is 1020. The zero-order valence-corrected chi connectivity index (χ0v) is 17.9. The zero-order valence-electron chi connectivity index (χ0n) is 16.3. The maximum atomic E-state index is 13.0. The molecule has 1 aliphatic rings. The van der Waals surface area contributed by atoms with E-state index in [1.54, 1.807) is 4.57 Å². The summed E-state index contributed by atoms with van der Waals surface area (Å²) in [4.78, 5) is 30.1. The fourth-order valence-corrected chi connectivity index (χ4v) is 5.38. The summed E-state index contributed by atoms with van der Waals surface area (Å²) >= 11 is 2.78. The Morgan fingerprint density at radius 1 is 1.17 bits per heavy atom. The number of thioether (sulfide) groups is 1. The van der Waals surface area contributed by atoms with E-state index in [2.05, 4.69) is 22.4 Å². The molecule has 1 saturated carbocycles. The SMILES string of the molecule is O=C(CSc1nc2ccsc2c(=O)n1CCc1ccccc1)NC1CCCCC1. The summed E-state index contributed by atoms with van der Waals surface area (Å²) in [5.74, 6) is 0.306. The molecule has 1 aromatic carbocycles. The van der Waals surface area contributed by atoms with E-state index in [1.165, 1.54) is 47.9 Å². The van der Waals surface area contributed by atoms with Crippen LogP contribution in [0, 0.1) is 0 Å². The molecule has 4 rings (SSSR count). The molecule has 0 saturated heterocycles. The summed E-state index contributed by atoms with van der Waals surface area (Å²) in [7, 11) is 0. The third-order valence-electron chi connectivity index (χ3n) is 5.30. The van der Waals surface area contributed by atoms with Crippen molar-refractivity contribution >= 4 is 39.2 Å². The molecule has 152 valence electrons. The normalized spacial score (nSPS) is 14.9. The van der Waals surface area contributed by atoms with Gasteiger partial charge in [0.2, 0.25) is 5.91 Å². The van der Waals surface area contributed by atoms with E-state index in [0.29, 0.717) is 28.0 Å². The molecule has 0 atom stereocenters. The highest BCUT2D eigenvalue weighted by molar-refractivity contribution is 7.99. The Kier molecular flexibility index (Phi) is 6.67. The molecule has 29 heavy (non-hydrogen) atoms. The van der Waals surface area contributed by atoms with Crippen molar-refractivity contribution < 1.29 is 4.79 Å². The van der Waals surface area contributed by atoms with Crippen LogP contribution in [-0.4, -0.2) is 27.3 Å². The zero-order chi connectivity index (χ0) is 20.1. The first-order valence-corrected chi connectivity index (χ1v) is 12.0. The second-order valence-corrected chi connectivity index (χ2v) is 9.27. The van der Waals surface area contributed by atoms with Crippen LogP contribution in [0.4, 0.5) is 0 Å². The summed E-state index contributed by atoms with van der Waals surface area (Å²) in [6.45, 7) is 0.552. The Morgan fingerprint density at radius 2 is 1.97 bits per heavy atom. The molecule has 0 aliphatic heterocycles. The second-order valence-electron chi connectivity index (χ2n) is 7.41. The molecule has 1 amide bonds. The van der Waals surface area contributed by atoms with Crippen molar-refractivity contribution in [1.29, 1.82) is 0 Å². The van der Waals surface area contributed by atoms with Crippen LogP contribution >= 0.6 is 23.1 Å². The summed E-state index contributed by atoms with van der Waals surface area (Å²) < 4.78 is 2.40. The lowest BCUT2D eigenvalue weighted by atomic mass is 9.95. The highest BCUT2D eigenvalue weighted by Gasteiger charge is 2.18. The number of nitrogens with one attached hydrogen (secondary N) is 1. The Morgan fingerprint density at radius 3 is 2.76 bits per heavy atom. The lowest BCUT2D eigenvalue weighted by molar-refractivity contribution is -0.119. The van der Waals surface area contributed by atoms with Crippen LogP contribution in [0.1, 0.15) is 37.7 Å². The smallest absolute Gasteiger partial charge is 0.272 e. The van der Waals surface area contributed by atoms with Gasteiger partial charge in [-0.15, -0.1) is 11.3 Å². The molecular formula is C22H25N3O2S2. The van der Waals surface area contributed by atoms with E-state index in [9.17, 15) is 9.59 Å². The van der Waals surface area contributed by atoms with Gasteiger partial charge in [-0.1, -0.05) is 61.4 Å². The minimum absolute atomic E-state index is 0.0175. The van der Waals surface area contributed by atoms with Gasteiger partial charge in [-0.05, 0) is 36.3 Å². The number of nitrogens with zero attached hydrogens (tertiary/aromatic N) is 2. The number of carbonyl (C=O) groups is 1. The van der Waals surface area contributed by atoms with Crippen molar-refractivity contribution in [1.82, 2.24) is 14.9 Å². The number of carbonyl (C=O) groups excluding carboxylic acids is 1. The highest BCUT2D eigenvalue weighted by Crippen LogP contribution is 2.22. The molecule has 0 bridgehead atoms. The topological polar surface area (TPSA) is 64.0 Å². The quantitative estimate of drug-likeness (QED) is 0.452. The predicted molar refractivity (Wildman–Crippen MR) is 120 cm³/mol. The number of hydrogen-bond donors (Lipinski definition) is 1. The van der Waals surface area contributed by atoms with Gasteiger partial charge in [-0.3, -0.25) is 14.2 Å². The third kappa shape index (κ3) is 5.08. The van der Waals surface area contributed by atoms with Gasteiger partial charge in [-0.2, -0.15) is 0 Å². The molecule has 2 heterocycles. The van der Waals surface area contributed by atoms with E-state index in [1.807, 2.05) is 29.6 Å². The number of fused-ring (bicyclic) bond motifs is 1. The molecule has 7 heteroatoms. The number of hydrogen-bond acceptors (Lipinski definition) is 5. The van der Waals surface area contributed by atoms with Crippen LogP contribution in [-0.2, 0) is 17.8 Å². The van der Waals surface area contributed by atoms with Gasteiger partial charge in [-0.25, -0.2) is 4.98 Å². The maximum Gasteiger partial charge on any atom is 0.272 e. The van der Waals surface area contributed by atoms with Crippen molar-refractivity contribution in [2.24, 2.45) is 0 Å². The minimum Gasteiger partial charge on any atom is -0.353 e. The molecule has 1 aliphatic carbocycles. The molecule has 2 aromatic heterocycles. The number of thiophene rings is 1. The number of aryl methyl sites for hydroxylation is 1. The minimum atomic E-state index is -0.0175. The van der Waals surface area contributed by atoms with Crippen molar-refractivity contribution in [2.45, 2.75) is 56.3 Å². The van der Waals surface area contributed by atoms with Gasteiger partial charge in [0.15, 0.2) is 5.16 Å². The van der Waals surface area contributed by atoms with Gasteiger partial charge >= 0.3 is 0 Å². The van der Waals surface area contributed by atoms with Crippen LogP contribution in [0.5, 0.6) is 0 Å². The summed E-state index contributed by atoms with van der Waals surface area (Å²) in [6.07, 6.45) is 6.52. The number of benzene rings is 1. The Hall–Kier alpha value is -2.12. The van der Waals surface area contributed by atoms with Gasteiger partial charge in [0.05, 0.1) is 11.3 Å². The fourth-order valence-electron chi connectivity index (χ4n) is 3.76. The summed E-state index contributed by atoms with van der Waals surface area (Å²) in [6, 6.07) is 12.3. The predicted octanol–water partition coefficient (Wildman–Crippen LogP) is 4.24. The van der Waals surface area contributed by atoms with Crippen LogP contribution in [0.3, 0.4) is 0 Å². The standard InChI is InChI=1S/C22H25N3O2S2/c26-19(23-17-9-5-2-6-10-17)15-29-22-24-18-12-14-28-20(18)21(27)25(22)13-11-16-7-3-1-4-8-16/h1,3-4,7-8,12,14,17H,2,5-6,9-11,13,15H2,(H,23,26). The Balaban J connectivity index is 1.49. The van der Waals surface area contributed by atoms with Crippen LogP contribution in [0.15, 0.2) is 51.7 Å². The van der Waals surface area contributed by atoms with E-state index >= 15 is 0 Å². The van der Waals surface area contributed by atoms with Gasteiger partial charge < -0.3 is 5.32 Å². The number of rotatable bonds is 7. The van der Waals surface area contributed by atoms with Crippen LogP contribution < -0.4 is 10.9 Å². The first-order valence-electron chi connectivity index (χ1n) is 10.1. The lowest BCUT2D eigenvalue weighted by Crippen LogP contribution is -2.37. The van der Waals surface area contributed by atoms with E-state index in [0.717, 1.165) is 19.3 Å². The first-order chi connectivity index (χ1) is 14.2. The maximum absolute atomic E-state index is 13.0. The Labute approximate surface area is 178 Å². The first kappa shape index (κ1) is 20.2. The van der Waals surface area contributed by atoms with E-state index < -0.39 is 0 Å². The van der Waals surface area contributed by atoms with Crippen molar-refractivity contribution in [2.75, 3.05) is 5.75 Å². The largest absolute Gasteiger partial charge is 0.353 e. The molecule has 1 N–H and O–H groups in total. The molecule has 0 unspecified atom stereocenters. The lowest BCUT2D eigenvalue weighted by Gasteiger charge is -2.22. The van der Waals surface area contributed by atoms with E-state index in [4.69, 9.17) is 0 Å². The van der Waals surface area contributed by atoms with Gasteiger partial charge in [0.1, 0.15) is 4.70 Å². The van der Waals surface area contributed by atoms with Crippen molar-refractivity contribution in [3.8, 4) is 0 Å². The van der Waals surface area contributed by atoms with Crippen molar-refractivity contribution in [3.05, 3.63) is 57.7 Å². The van der Waals surface area contributed by atoms with Gasteiger partial charge in [0.25, 0.3) is 5.56 Å². The van der Waals surface area contributed by atoms with Gasteiger partial charge in [0, 0.05) is 12.6 Å².